The monoisotopic (exact) mass is 201 g/mol. The van der Waals surface area contributed by atoms with Crippen molar-refractivity contribution in [2.24, 2.45) is 0 Å². The molecule has 0 amide bonds. The van der Waals surface area contributed by atoms with Crippen LogP contribution in [0.5, 0.6) is 0 Å². The van der Waals surface area contributed by atoms with E-state index in [4.69, 9.17) is 16.9 Å². The number of rotatable bonds is 3. The minimum absolute atomic E-state index is 0.508. The highest BCUT2D eigenvalue weighted by molar-refractivity contribution is 7.19. The Hall–Kier alpha value is -0.790. The maximum absolute atomic E-state index is 8.35. The molecule has 0 saturated carbocycles. The SMILES string of the molecule is CN(CCC#N)c1ncc(Cl)s1. The van der Waals surface area contributed by atoms with Gasteiger partial charge < -0.3 is 4.90 Å². The first-order valence-corrected chi connectivity index (χ1v) is 4.63. The van der Waals surface area contributed by atoms with Crippen molar-refractivity contribution in [1.82, 2.24) is 4.98 Å². The number of halogens is 1. The lowest BCUT2D eigenvalue weighted by molar-refractivity contribution is 0.899. The Kier molecular flexibility index (Phi) is 3.32. The van der Waals surface area contributed by atoms with E-state index in [-0.39, 0.29) is 0 Å². The molecule has 0 N–H and O–H groups in total. The van der Waals surface area contributed by atoms with Crippen LogP contribution < -0.4 is 4.90 Å². The smallest absolute Gasteiger partial charge is 0.186 e. The molecule has 0 aromatic carbocycles. The Bertz CT molecular complexity index is 291. The summed E-state index contributed by atoms with van der Waals surface area (Å²) in [6, 6.07) is 2.08. The molecule has 1 heterocycles. The summed E-state index contributed by atoms with van der Waals surface area (Å²) >= 11 is 7.12. The molecule has 0 aliphatic carbocycles. The molecule has 0 radical (unpaired) electrons. The van der Waals surface area contributed by atoms with Crippen LogP contribution in [-0.2, 0) is 0 Å². The summed E-state index contributed by atoms with van der Waals surface area (Å²) in [4.78, 5) is 5.99. The lowest BCUT2D eigenvalue weighted by Gasteiger charge is -2.12. The van der Waals surface area contributed by atoms with E-state index in [9.17, 15) is 0 Å². The van der Waals surface area contributed by atoms with Gasteiger partial charge in [-0.1, -0.05) is 22.9 Å². The molecule has 1 aromatic heterocycles. The molecule has 0 spiro atoms. The van der Waals surface area contributed by atoms with Gasteiger partial charge in [0.1, 0.15) is 4.34 Å². The van der Waals surface area contributed by atoms with Crippen molar-refractivity contribution in [1.29, 1.82) is 5.26 Å². The fourth-order valence-electron chi connectivity index (χ4n) is 0.736. The summed E-state index contributed by atoms with van der Waals surface area (Å²) in [7, 11) is 1.90. The summed E-state index contributed by atoms with van der Waals surface area (Å²) in [6.07, 6.45) is 2.12. The van der Waals surface area contributed by atoms with Gasteiger partial charge in [0.25, 0.3) is 0 Å². The standard InChI is InChI=1S/C7H8ClN3S/c1-11(4-2-3-9)7-10-5-6(8)12-7/h5H,2,4H2,1H3. The molecule has 0 fully saturated rings. The van der Waals surface area contributed by atoms with Gasteiger partial charge in [-0.3, -0.25) is 0 Å². The van der Waals surface area contributed by atoms with Gasteiger partial charge in [0, 0.05) is 13.6 Å². The highest BCUT2D eigenvalue weighted by Crippen LogP contribution is 2.25. The van der Waals surface area contributed by atoms with Gasteiger partial charge in [-0.05, 0) is 0 Å². The van der Waals surface area contributed by atoms with E-state index in [2.05, 4.69) is 11.1 Å². The average Bonchev–Trinajstić information content (AvgIpc) is 2.47. The largest absolute Gasteiger partial charge is 0.350 e. The minimum Gasteiger partial charge on any atom is -0.350 e. The zero-order valence-corrected chi connectivity index (χ0v) is 8.19. The van der Waals surface area contributed by atoms with E-state index >= 15 is 0 Å². The zero-order valence-electron chi connectivity index (χ0n) is 6.62. The van der Waals surface area contributed by atoms with Gasteiger partial charge in [-0.2, -0.15) is 5.26 Å². The molecule has 64 valence electrons. The van der Waals surface area contributed by atoms with Crippen molar-refractivity contribution in [2.45, 2.75) is 6.42 Å². The van der Waals surface area contributed by atoms with Crippen LogP contribution in [0, 0.1) is 11.3 Å². The molecule has 3 nitrogen and oxygen atoms in total. The summed E-state index contributed by atoms with van der Waals surface area (Å²) in [5.41, 5.74) is 0. The molecular weight excluding hydrogens is 194 g/mol. The Morgan fingerprint density at radius 3 is 3.08 bits per heavy atom. The Morgan fingerprint density at radius 2 is 2.58 bits per heavy atom. The second-order valence-electron chi connectivity index (χ2n) is 2.28. The first kappa shape index (κ1) is 9.30. The Balaban J connectivity index is 2.54. The number of aromatic nitrogens is 1. The molecule has 0 aliphatic rings. The predicted molar refractivity (Wildman–Crippen MR) is 50.6 cm³/mol. The van der Waals surface area contributed by atoms with Crippen LogP contribution in [0.1, 0.15) is 6.42 Å². The summed E-state index contributed by atoms with van der Waals surface area (Å²) in [6.45, 7) is 0.695. The lowest BCUT2D eigenvalue weighted by Crippen LogP contribution is -2.17. The van der Waals surface area contributed by atoms with Crippen LogP contribution >= 0.6 is 22.9 Å². The Morgan fingerprint density at radius 1 is 1.83 bits per heavy atom. The molecule has 5 heteroatoms. The summed E-state index contributed by atoms with van der Waals surface area (Å²) in [5, 5.41) is 9.20. The number of thiazole rings is 1. The zero-order chi connectivity index (χ0) is 8.97. The van der Waals surface area contributed by atoms with Crippen LogP contribution in [0.4, 0.5) is 5.13 Å². The van der Waals surface area contributed by atoms with Gasteiger partial charge >= 0.3 is 0 Å². The highest BCUT2D eigenvalue weighted by atomic mass is 35.5. The third kappa shape index (κ3) is 2.36. The molecule has 1 rings (SSSR count). The van der Waals surface area contributed by atoms with E-state index in [1.54, 1.807) is 6.20 Å². The van der Waals surface area contributed by atoms with E-state index < -0.39 is 0 Å². The van der Waals surface area contributed by atoms with Gasteiger partial charge in [-0.25, -0.2) is 4.98 Å². The number of hydrogen-bond donors (Lipinski definition) is 0. The van der Waals surface area contributed by atoms with E-state index in [0.717, 1.165) is 5.13 Å². The molecule has 1 aromatic rings. The summed E-state index contributed by atoms with van der Waals surface area (Å²) in [5.74, 6) is 0. The van der Waals surface area contributed by atoms with Crippen LogP contribution in [0.25, 0.3) is 0 Å². The van der Waals surface area contributed by atoms with Crippen molar-refractivity contribution in [3.63, 3.8) is 0 Å². The van der Waals surface area contributed by atoms with E-state index in [1.165, 1.54) is 11.3 Å². The highest BCUT2D eigenvalue weighted by Gasteiger charge is 2.04. The topological polar surface area (TPSA) is 39.9 Å². The van der Waals surface area contributed by atoms with Gasteiger partial charge in [-0.15, -0.1) is 0 Å². The molecule has 0 unspecified atom stereocenters. The minimum atomic E-state index is 0.508. The van der Waals surface area contributed by atoms with Crippen molar-refractivity contribution < 1.29 is 0 Å². The number of anilines is 1. The maximum atomic E-state index is 8.35. The van der Waals surface area contributed by atoms with E-state index in [0.29, 0.717) is 17.3 Å². The normalized spacial score (nSPS) is 9.42. The quantitative estimate of drug-likeness (QED) is 0.753. The third-order valence-electron chi connectivity index (χ3n) is 1.35. The number of hydrogen-bond acceptors (Lipinski definition) is 4. The molecule has 0 bridgehead atoms. The molecule has 0 saturated heterocycles. The third-order valence-corrected chi connectivity index (χ3v) is 2.58. The van der Waals surface area contributed by atoms with Gasteiger partial charge in [0.2, 0.25) is 0 Å². The first-order chi connectivity index (χ1) is 5.74. The van der Waals surface area contributed by atoms with Crippen LogP contribution in [0.3, 0.4) is 0 Å². The molecule has 0 aliphatic heterocycles. The van der Waals surface area contributed by atoms with Crippen molar-refractivity contribution in [3.05, 3.63) is 10.5 Å². The van der Waals surface area contributed by atoms with Crippen molar-refractivity contribution in [2.75, 3.05) is 18.5 Å². The predicted octanol–water partition coefficient (Wildman–Crippen LogP) is 2.15. The van der Waals surface area contributed by atoms with Crippen molar-refractivity contribution in [3.8, 4) is 6.07 Å². The number of nitriles is 1. The van der Waals surface area contributed by atoms with E-state index in [1.807, 2.05) is 11.9 Å². The molecule has 0 atom stereocenters. The van der Waals surface area contributed by atoms with Crippen molar-refractivity contribution >= 4 is 28.1 Å². The fraction of sp³-hybridized carbons (Fsp3) is 0.429. The second-order valence-corrected chi connectivity index (χ2v) is 3.92. The van der Waals surface area contributed by atoms with Crippen LogP contribution in [0.2, 0.25) is 4.34 Å². The average molecular weight is 202 g/mol. The van der Waals surface area contributed by atoms with Crippen LogP contribution in [-0.4, -0.2) is 18.6 Å². The Labute approximate surface area is 80.2 Å². The second kappa shape index (κ2) is 4.29. The van der Waals surface area contributed by atoms with Gasteiger partial charge in [0.15, 0.2) is 5.13 Å². The molecular formula is C7H8ClN3S. The lowest BCUT2D eigenvalue weighted by atomic mass is 10.4. The summed E-state index contributed by atoms with van der Waals surface area (Å²) < 4.78 is 0.675. The first-order valence-electron chi connectivity index (χ1n) is 3.43. The maximum Gasteiger partial charge on any atom is 0.186 e. The number of nitrogens with zero attached hydrogens (tertiary/aromatic N) is 3. The van der Waals surface area contributed by atoms with Crippen LogP contribution in [0.15, 0.2) is 6.20 Å². The van der Waals surface area contributed by atoms with Gasteiger partial charge in [0.05, 0.1) is 18.7 Å². The fourth-order valence-corrected chi connectivity index (χ4v) is 1.62. The molecule has 12 heavy (non-hydrogen) atoms.